The average molecular weight is 381 g/mol. The molecule has 21 heavy (non-hydrogen) atoms. The Kier molecular flexibility index (Phi) is 3.40. The molecule has 0 spiro atoms. The standard InChI is InChI=1S/C14H9BrN2O2S2/c15-13-11-10(18-4-5-19-11)12(21-13)14-17-9(7-20-14)8-2-1-3-16-6-8/h1-3,6-7H,4-5H2. The molecule has 0 aromatic carbocycles. The monoisotopic (exact) mass is 380 g/mol. The number of pyridine rings is 1. The SMILES string of the molecule is Brc1sc(-c2nc(-c3cccnc3)cs2)c2c1OCCO2. The highest BCUT2D eigenvalue weighted by Gasteiger charge is 2.25. The Morgan fingerprint density at radius 3 is 2.86 bits per heavy atom. The minimum absolute atomic E-state index is 0.573. The van der Waals surface area contributed by atoms with Crippen molar-refractivity contribution in [2.45, 2.75) is 0 Å². The van der Waals surface area contributed by atoms with Gasteiger partial charge in [0.2, 0.25) is 0 Å². The number of nitrogens with zero attached hydrogens (tertiary/aromatic N) is 2. The molecular formula is C14H9BrN2O2S2. The fourth-order valence-electron chi connectivity index (χ4n) is 2.08. The predicted octanol–water partition coefficient (Wildman–Crippen LogP) is 4.47. The molecule has 0 saturated carbocycles. The van der Waals surface area contributed by atoms with Gasteiger partial charge in [0.05, 0.1) is 5.69 Å². The minimum atomic E-state index is 0.573. The van der Waals surface area contributed by atoms with Gasteiger partial charge in [-0.15, -0.1) is 22.7 Å². The van der Waals surface area contributed by atoms with Crippen LogP contribution >= 0.6 is 38.6 Å². The van der Waals surface area contributed by atoms with Crippen LogP contribution in [0.5, 0.6) is 11.5 Å². The molecule has 0 atom stereocenters. The summed E-state index contributed by atoms with van der Waals surface area (Å²) < 4.78 is 12.4. The number of aromatic nitrogens is 2. The van der Waals surface area contributed by atoms with Crippen molar-refractivity contribution < 1.29 is 9.47 Å². The van der Waals surface area contributed by atoms with Gasteiger partial charge in [0.25, 0.3) is 0 Å². The number of ether oxygens (including phenoxy) is 2. The molecule has 1 aliphatic rings. The Morgan fingerprint density at radius 1 is 1.19 bits per heavy atom. The Balaban J connectivity index is 1.77. The van der Waals surface area contributed by atoms with Crippen molar-refractivity contribution in [3.8, 4) is 32.6 Å². The van der Waals surface area contributed by atoms with Crippen LogP contribution < -0.4 is 9.47 Å². The summed E-state index contributed by atoms with van der Waals surface area (Å²) in [6.45, 7) is 1.16. The molecular weight excluding hydrogens is 372 g/mol. The van der Waals surface area contributed by atoms with Gasteiger partial charge in [-0.25, -0.2) is 4.98 Å². The zero-order valence-electron chi connectivity index (χ0n) is 10.7. The van der Waals surface area contributed by atoms with Crippen LogP contribution in [0.4, 0.5) is 0 Å². The lowest BCUT2D eigenvalue weighted by atomic mass is 10.2. The first-order valence-corrected chi connectivity index (χ1v) is 8.76. The fourth-order valence-corrected chi connectivity index (χ4v) is 4.69. The van der Waals surface area contributed by atoms with E-state index in [4.69, 9.17) is 14.5 Å². The van der Waals surface area contributed by atoms with E-state index in [0.29, 0.717) is 13.2 Å². The van der Waals surface area contributed by atoms with E-state index in [9.17, 15) is 0 Å². The number of thiophene rings is 1. The molecule has 0 fully saturated rings. The van der Waals surface area contributed by atoms with Gasteiger partial charge in [0.1, 0.15) is 26.9 Å². The van der Waals surface area contributed by atoms with Crippen LogP contribution in [-0.2, 0) is 0 Å². The van der Waals surface area contributed by atoms with Gasteiger partial charge in [0, 0.05) is 23.3 Å². The smallest absolute Gasteiger partial charge is 0.187 e. The zero-order chi connectivity index (χ0) is 14.2. The first-order valence-electron chi connectivity index (χ1n) is 6.27. The van der Waals surface area contributed by atoms with E-state index in [0.717, 1.165) is 36.4 Å². The van der Waals surface area contributed by atoms with E-state index < -0.39 is 0 Å². The molecule has 0 bridgehead atoms. The second kappa shape index (κ2) is 5.40. The minimum Gasteiger partial charge on any atom is -0.484 e. The summed E-state index contributed by atoms with van der Waals surface area (Å²) in [5.74, 6) is 1.59. The normalized spacial score (nSPS) is 13.4. The second-order valence-corrected chi connectivity index (χ2v) is 7.54. The van der Waals surface area contributed by atoms with E-state index in [-0.39, 0.29) is 0 Å². The van der Waals surface area contributed by atoms with Crippen LogP contribution in [0.15, 0.2) is 33.7 Å². The summed E-state index contributed by atoms with van der Waals surface area (Å²) in [4.78, 5) is 9.85. The molecule has 0 unspecified atom stereocenters. The van der Waals surface area contributed by atoms with Crippen molar-refractivity contribution in [3.05, 3.63) is 33.7 Å². The van der Waals surface area contributed by atoms with E-state index in [1.165, 1.54) is 0 Å². The molecule has 3 aromatic rings. The highest BCUT2D eigenvalue weighted by atomic mass is 79.9. The third-order valence-electron chi connectivity index (χ3n) is 3.01. The molecule has 0 radical (unpaired) electrons. The van der Waals surface area contributed by atoms with Gasteiger partial charge in [0.15, 0.2) is 11.5 Å². The number of halogens is 1. The van der Waals surface area contributed by atoms with Gasteiger partial charge in [-0.2, -0.15) is 0 Å². The van der Waals surface area contributed by atoms with Crippen molar-refractivity contribution in [1.82, 2.24) is 9.97 Å². The maximum absolute atomic E-state index is 5.75. The van der Waals surface area contributed by atoms with E-state index >= 15 is 0 Å². The molecule has 0 N–H and O–H groups in total. The van der Waals surface area contributed by atoms with Crippen molar-refractivity contribution >= 4 is 38.6 Å². The Hall–Kier alpha value is -1.44. The lowest BCUT2D eigenvalue weighted by molar-refractivity contribution is 0.173. The lowest BCUT2D eigenvalue weighted by Gasteiger charge is -2.15. The first kappa shape index (κ1) is 13.2. The van der Waals surface area contributed by atoms with Crippen LogP contribution in [0.3, 0.4) is 0 Å². The Labute approximate surface area is 137 Å². The number of rotatable bonds is 2. The molecule has 0 amide bonds. The number of hydrogen-bond donors (Lipinski definition) is 0. The van der Waals surface area contributed by atoms with Gasteiger partial charge >= 0.3 is 0 Å². The molecule has 1 aliphatic heterocycles. The predicted molar refractivity (Wildman–Crippen MR) is 87.3 cm³/mol. The maximum Gasteiger partial charge on any atom is 0.187 e. The summed E-state index contributed by atoms with van der Waals surface area (Å²) in [5.41, 5.74) is 1.94. The highest BCUT2D eigenvalue weighted by molar-refractivity contribution is 9.11. The first-order chi connectivity index (χ1) is 10.3. The van der Waals surface area contributed by atoms with Gasteiger partial charge < -0.3 is 9.47 Å². The summed E-state index contributed by atoms with van der Waals surface area (Å²) >= 11 is 6.72. The molecule has 7 heteroatoms. The topological polar surface area (TPSA) is 44.2 Å². The molecule has 0 aliphatic carbocycles. The summed E-state index contributed by atoms with van der Waals surface area (Å²) in [7, 11) is 0. The van der Waals surface area contributed by atoms with Crippen molar-refractivity contribution in [1.29, 1.82) is 0 Å². The molecule has 4 rings (SSSR count). The highest BCUT2D eigenvalue weighted by Crippen LogP contribution is 2.52. The summed E-state index contributed by atoms with van der Waals surface area (Å²) in [5, 5.41) is 2.97. The van der Waals surface area contributed by atoms with Crippen molar-refractivity contribution in [2.75, 3.05) is 13.2 Å². The molecule has 0 saturated heterocycles. The zero-order valence-corrected chi connectivity index (χ0v) is 13.9. The van der Waals surface area contributed by atoms with E-state index in [1.54, 1.807) is 28.9 Å². The average Bonchev–Trinajstić information content (AvgIpc) is 3.14. The van der Waals surface area contributed by atoms with E-state index in [2.05, 4.69) is 20.9 Å². The molecule has 106 valence electrons. The largest absolute Gasteiger partial charge is 0.484 e. The van der Waals surface area contributed by atoms with Crippen molar-refractivity contribution in [2.24, 2.45) is 0 Å². The van der Waals surface area contributed by atoms with Crippen LogP contribution in [0.2, 0.25) is 0 Å². The van der Waals surface area contributed by atoms with Gasteiger partial charge in [-0.05, 0) is 28.1 Å². The van der Waals surface area contributed by atoms with Crippen molar-refractivity contribution in [3.63, 3.8) is 0 Å². The lowest BCUT2D eigenvalue weighted by Crippen LogP contribution is -2.14. The molecule has 4 heterocycles. The Bertz CT molecular complexity index is 786. The van der Waals surface area contributed by atoms with Crippen LogP contribution in [0.25, 0.3) is 21.1 Å². The Morgan fingerprint density at radius 2 is 2.05 bits per heavy atom. The van der Waals surface area contributed by atoms with Gasteiger partial charge in [-0.1, -0.05) is 0 Å². The fraction of sp³-hybridized carbons (Fsp3) is 0.143. The van der Waals surface area contributed by atoms with Crippen LogP contribution in [-0.4, -0.2) is 23.2 Å². The maximum atomic E-state index is 5.75. The van der Waals surface area contributed by atoms with Crippen LogP contribution in [0, 0.1) is 0 Å². The second-order valence-electron chi connectivity index (χ2n) is 4.34. The quantitative estimate of drug-likeness (QED) is 0.657. The van der Waals surface area contributed by atoms with E-state index in [1.807, 2.05) is 23.7 Å². The number of fused-ring (bicyclic) bond motifs is 1. The number of hydrogen-bond acceptors (Lipinski definition) is 6. The summed E-state index contributed by atoms with van der Waals surface area (Å²) in [6, 6.07) is 3.92. The number of thiazole rings is 1. The third-order valence-corrected chi connectivity index (χ3v) is 5.80. The summed E-state index contributed by atoms with van der Waals surface area (Å²) in [6.07, 6.45) is 3.58. The van der Waals surface area contributed by atoms with Gasteiger partial charge in [-0.3, -0.25) is 4.98 Å². The van der Waals surface area contributed by atoms with Crippen LogP contribution in [0.1, 0.15) is 0 Å². The third kappa shape index (κ3) is 2.35. The molecule has 4 nitrogen and oxygen atoms in total. The molecule has 3 aromatic heterocycles.